The van der Waals surface area contributed by atoms with Crippen LogP contribution in [-0.4, -0.2) is 9.83 Å². The molecule has 0 spiro atoms. The van der Waals surface area contributed by atoms with Crippen molar-refractivity contribution >= 4 is 34.2 Å². The van der Waals surface area contributed by atoms with E-state index < -0.39 is 0 Å². The van der Waals surface area contributed by atoms with Gasteiger partial charge >= 0.3 is 0 Å². The summed E-state index contributed by atoms with van der Waals surface area (Å²) in [5, 5.41) is 2.82. The molecule has 0 fully saturated rings. The summed E-state index contributed by atoms with van der Waals surface area (Å²) in [7, 11) is 0. The highest BCUT2D eigenvalue weighted by Gasteiger charge is 2.12. The van der Waals surface area contributed by atoms with Crippen LogP contribution in [0.3, 0.4) is 0 Å². The van der Waals surface area contributed by atoms with Gasteiger partial charge < -0.3 is 5.32 Å². The van der Waals surface area contributed by atoms with E-state index in [1.807, 2.05) is 18.2 Å². The highest BCUT2D eigenvalue weighted by molar-refractivity contribution is 14.1. The first kappa shape index (κ1) is 11.5. The van der Waals surface area contributed by atoms with E-state index in [1.165, 1.54) is 0 Å². The number of hydrogen-bond donors (Lipinski definition) is 1. The Kier molecular flexibility index (Phi) is 4.93. The molecule has 14 heavy (non-hydrogen) atoms. The van der Waals surface area contributed by atoms with Crippen LogP contribution in [0, 0.1) is 6.07 Å². The molecule has 0 saturated heterocycles. The van der Waals surface area contributed by atoms with Crippen molar-refractivity contribution in [1.82, 2.24) is 0 Å². The molecule has 1 radical (unpaired) electrons. The van der Waals surface area contributed by atoms with Crippen molar-refractivity contribution in [3.05, 3.63) is 30.3 Å². The number of para-hydroxylation sites is 1. The Morgan fingerprint density at radius 3 is 3.00 bits per heavy atom. The SMILES string of the molecule is CCCC(I)C(=O)Nc1[c]cccc1. The first-order valence-electron chi connectivity index (χ1n) is 4.65. The monoisotopic (exact) mass is 302 g/mol. The second kappa shape index (κ2) is 6.01. The third-order valence-corrected chi connectivity index (χ3v) is 2.98. The molecule has 1 atom stereocenters. The van der Waals surface area contributed by atoms with Crippen molar-refractivity contribution in [3.63, 3.8) is 0 Å². The quantitative estimate of drug-likeness (QED) is 0.672. The molecule has 1 aromatic carbocycles. The summed E-state index contributed by atoms with van der Waals surface area (Å²) in [6.45, 7) is 2.08. The third kappa shape index (κ3) is 3.65. The number of halogens is 1. The molecule has 1 unspecified atom stereocenters. The molecule has 0 bridgehead atoms. The Morgan fingerprint density at radius 2 is 2.43 bits per heavy atom. The zero-order valence-corrected chi connectivity index (χ0v) is 10.2. The Hall–Kier alpha value is -0.580. The fourth-order valence-corrected chi connectivity index (χ4v) is 1.85. The summed E-state index contributed by atoms with van der Waals surface area (Å²) in [4.78, 5) is 11.6. The average Bonchev–Trinajstić information content (AvgIpc) is 2.19. The van der Waals surface area contributed by atoms with Gasteiger partial charge in [0.25, 0.3) is 0 Å². The maximum atomic E-state index is 11.6. The van der Waals surface area contributed by atoms with Crippen LogP contribution in [0.4, 0.5) is 5.69 Å². The second-order valence-corrected chi connectivity index (χ2v) is 4.53. The molecule has 0 saturated carbocycles. The first-order valence-corrected chi connectivity index (χ1v) is 5.90. The third-order valence-electron chi connectivity index (χ3n) is 1.79. The highest BCUT2D eigenvalue weighted by Crippen LogP contribution is 2.12. The Labute approximate surface area is 98.2 Å². The molecule has 1 N–H and O–H groups in total. The zero-order chi connectivity index (χ0) is 10.4. The van der Waals surface area contributed by atoms with Crippen molar-refractivity contribution < 1.29 is 4.79 Å². The molecule has 0 aromatic heterocycles. The average molecular weight is 302 g/mol. The van der Waals surface area contributed by atoms with Gasteiger partial charge in [0.05, 0.1) is 3.92 Å². The van der Waals surface area contributed by atoms with E-state index in [2.05, 4.69) is 40.9 Å². The van der Waals surface area contributed by atoms with Crippen LogP contribution >= 0.6 is 22.6 Å². The summed E-state index contributed by atoms with van der Waals surface area (Å²) in [6.07, 6.45) is 1.94. The van der Waals surface area contributed by atoms with Gasteiger partial charge in [0.2, 0.25) is 5.91 Å². The van der Waals surface area contributed by atoms with E-state index in [-0.39, 0.29) is 9.83 Å². The molecule has 0 heterocycles. The van der Waals surface area contributed by atoms with Gasteiger partial charge in [-0.2, -0.15) is 0 Å². The molecule has 0 aliphatic carbocycles. The minimum Gasteiger partial charge on any atom is -0.325 e. The van der Waals surface area contributed by atoms with Crippen LogP contribution < -0.4 is 5.32 Å². The van der Waals surface area contributed by atoms with E-state index in [0.29, 0.717) is 0 Å². The molecule has 0 aliphatic rings. The predicted octanol–water partition coefficient (Wildman–Crippen LogP) is 3.03. The van der Waals surface area contributed by atoms with Gasteiger partial charge in [-0.1, -0.05) is 54.1 Å². The molecular weight excluding hydrogens is 289 g/mol. The fourth-order valence-electron chi connectivity index (χ4n) is 1.07. The van der Waals surface area contributed by atoms with Crippen molar-refractivity contribution in [1.29, 1.82) is 0 Å². The molecule has 1 aromatic rings. The summed E-state index contributed by atoms with van der Waals surface area (Å²) < 4.78 is 0.0474. The van der Waals surface area contributed by atoms with Gasteiger partial charge in [-0.3, -0.25) is 4.79 Å². The first-order chi connectivity index (χ1) is 6.74. The number of hydrogen-bond acceptors (Lipinski definition) is 1. The minimum absolute atomic E-state index is 0.0474. The Bertz CT molecular complexity index is 287. The lowest BCUT2D eigenvalue weighted by molar-refractivity contribution is -0.115. The molecule has 3 heteroatoms. The molecule has 1 amide bonds. The van der Waals surface area contributed by atoms with Crippen molar-refractivity contribution in [2.45, 2.75) is 23.7 Å². The summed E-state index contributed by atoms with van der Waals surface area (Å²) >= 11 is 2.17. The lowest BCUT2D eigenvalue weighted by atomic mass is 10.2. The lowest BCUT2D eigenvalue weighted by Crippen LogP contribution is -2.22. The van der Waals surface area contributed by atoms with Crippen LogP contribution in [-0.2, 0) is 4.79 Å². The molecular formula is C11H13INO. The van der Waals surface area contributed by atoms with Gasteiger partial charge in [0.15, 0.2) is 0 Å². The predicted molar refractivity (Wildman–Crippen MR) is 66.6 cm³/mol. The normalized spacial score (nSPS) is 12.1. The van der Waals surface area contributed by atoms with Gasteiger partial charge in [-0.15, -0.1) is 0 Å². The van der Waals surface area contributed by atoms with Crippen LogP contribution in [0.1, 0.15) is 19.8 Å². The van der Waals surface area contributed by atoms with E-state index in [0.717, 1.165) is 18.5 Å². The molecule has 2 nitrogen and oxygen atoms in total. The molecule has 0 aliphatic heterocycles. The van der Waals surface area contributed by atoms with Crippen LogP contribution in [0.5, 0.6) is 0 Å². The molecule has 75 valence electrons. The second-order valence-electron chi connectivity index (χ2n) is 3.02. The van der Waals surface area contributed by atoms with Crippen molar-refractivity contribution in [3.8, 4) is 0 Å². The van der Waals surface area contributed by atoms with E-state index in [4.69, 9.17) is 0 Å². The number of alkyl halides is 1. The van der Waals surface area contributed by atoms with Crippen molar-refractivity contribution in [2.24, 2.45) is 0 Å². The van der Waals surface area contributed by atoms with Crippen LogP contribution in [0.2, 0.25) is 0 Å². The smallest absolute Gasteiger partial charge is 0.237 e. The largest absolute Gasteiger partial charge is 0.325 e. The summed E-state index contributed by atoms with van der Waals surface area (Å²) in [5.41, 5.74) is 0.746. The fraction of sp³-hybridized carbons (Fsp3) is 0.364. The Balaban J connectivity index is 2.49. The number of nitrogens with one attached hydrogen (secondary N) is 1. The van der Waals surface area contributed by atoms with E-state index >= 15 is 0 Å². The topological polar surface area (TPSA) is 29.1 Å². The van der Waals surface area contributed by atoms with Gasteiger partial charge in [0, 0.05) is 11.8 Å². The zero-order valence-electron chi connectivity index (χ0n) is 8.09. The minimum atomic E-state index is 0.0474. The number of carbonyl (C=O) groups is 1. The number of amides is 1. The molecule has 1 rings (SSSR count). The van der Waals surface area contributed by atoms with Crippen molar-refractivity contribution in [2.75, 3.05) is 5.32 Å². The number of carbonyl (C=O) groups excluding carboxylic acids is 1. The number of rotatable bonds is 4. The van der Waals surface area contributed by atoms with Crippen LogP contribution in [0.25, 0.3) is 0 Å². The Morgan fingerprint density at radius 1 is 1.64 bits per heavy atom. The maximum absolute atomic E-state index is 11.6. The maximum Gasteiger partial charge on any atom is 0.237 e. The lowest BCUT2D eigenvalue weighted by Gasteiger charge is -2.08. The van der Waals surface area contributed by atoms with Gasteiger partial charge in [-0.25, -0.2) is 0 Å². The van der Waals surface area contributed by atoms with Gasteiger partial charge in [0.1, 0.15) is 0 Å². The summed E-state index contributed by atoms with van der Waals surface area (Å²) in [5.74, 6) is 0.0647. The standard InChI is InChI=1S/C11H13INO/c1-2-6-10(12)11(14)13-9-7-4-3-5-8-9/h3-5,7,10H,2,6H2,1H3,(H,13,14). The number of anilines is 1. The van der Waals surface area contributed by atoms with Crippen LogP contribution in [0.15, 0.2) is 24.3 Å². The van der Waals surface area contributed by atoms with Gasteiger partial charge in [-0.05, 0) is 12.5 Å². The highest BCUT2D eigenvalue weighted by atomic mass is 127. The van der Waals surface area contributed by atoms with E-state index in [1.54, 1.807) is 6.07 Å². The number of benzene rings is 1. The van der Waals surface area contributed by atoms with E-state index in [9.17, 15) is 4.79 Å². The summed E-state index contributed by atoms with van der Waals surface area (Å²) in [6, 6.07) is 10.4.